The highest BCUT2D eigenvalue weighted by Gasteiger charge is 2.12. The van der Waals surface area contributed by atoms with Gasteiger partial charge in [-0.1, -0.05) is 10.3 Å². The Morgan fingerprint density at radius 3 is 2.33 bits per heavy atom. The zero-order valence-corrected chi connectivity index (χ0v) is 10.8. The first-order valence-corrected chi connectivity index (χ1v) is 5.32. The maximum Gasteiger partial charge on any atom is 0.375 e. The molecule has 2 rings (SSSR count). The summed E-state index contributed by atoms with van der Waals surface area (Å²) in [4.78, 5) is 29.6. The van der Waals surface area contributed by atoms with Crippen molar-refractivity contribution in [2.24, 2.45) is 10.3 Å². The van der Waals surface area contributed by atoms with Crippen LogP contribution < -0.4 is 5.43 Å². The number of aromatic amines is 2. The van der Waals surface area contributed by atoms with Gasteiger partial charge in [0.2, 0.25) is 11.6 Å². The van der Waals surface area contributed by atoms with Crippen molar-refractivity contribution in [3.05, 3.63) is 11.6 Å². The molecule has 110 valence electrons. The molecule has 2 heterocycles. The molecular formula is C8H9N9O4. The number of methoxy groups -OCH3 is 2. The summed E-state index contributed by atoms with van der Waals surface area (Å²) in [5.41, 5.74) is 2.33. The van der Waals surface area contributed by atoms with Crippen molar-refractivity contribution in [1.29, 1.82) is 0 Å². The third-order valence-corrected chi connectivity index (χ3v) is 2.01. The number of nitrogens with one attached hydrogen (secondary N) is 3. The van der Waals surface area contributed by atoms with E-state index in [0.717, 1.165) is 0 Å². The van der Waals surface area contributed by atoms with Crippen LogP contribution in [0.4, 0.5) is 11.9 Å². The van der Waals surface area contributed by atoms with E-state index in [0.29, 0.717) is 0 Å². The summed E-state index contributed by atoms with van der Waals surface area (Å²) in [6.07, 6.45) is 0. The van der Waals surface area contributed by atoms with Crippen molar-refractivity contribution >= 4 is 23.8 Å². The number of rotatable bonds is 5. The summed E-state index contributed by atoms with van der Waals surface area (Å²) in [7, 11) is 2.41. The molecule has 0 amide bonds. The molecule has 3 N–H and O–H groups in total. The summed E-state index contributed by atoms with van der Waals surface area (Å²) >= 11 is 0. The summed E-state index contributed by atoms with van der Waals surface area (Å²) in [5, 5.41) is 18.9. The lowest BCUT2D eigenvalue weighted by atomic mass is 10.6. The number of hydrogen-bond donors (Lipinski definition) is 3. The fourth-order valence-electron chi connectivity index (χ4n) is 1.10. The molecule has 0 atom stereocenters. The zero-order chi connectivity index (χ0) is 15.2. The molecule has 0 aromatic carbocycles. The number of esters is 2. The van der Waals surface area contributed by atoms with E-state index in [-0.39, 0.29) is 23.5 Å². The normalized spacial score (nSPS) is 10.6. The van der Waals surface area contributed by atoms with Crippen molar-refractivity contribution in [3.63, 3.8) is 0 Å². The van der Waals surface area contributed by atoms with Gasteiger partial charge >= 0.3 is 11.9 Å². The van der Waals surface area contributed by atoms with Gasteiger partial charge in [0, 0.05) is 0 Å². The number of ether oxygens (including phenoxy) is 2. The highest BCUT2D eigenvalue weighted by molar-refractivity contribution is 5.85. The second-order valence-corrected chi connectivity index (χ2v) is 3.29. The average molecular weight is 295 g/mol. The quantitative estimate of drug-likeness (QED) is 0.377. The second-order valence-electron chi connectivity index (χ2n) is 3.29. The largest absolute Gasteiger partial charge is 0.463 e. The molecule has 0 unspecified atom stereocenters. The zero-order valence-electron chi connectivity index (χ0n) is 10.8. The van der Waals surface area contributed by atoms with Gasteiger partial charge in [0.05, 0.1) is 14.2 Å². The molecule has 13 nitrogen and oxygen atoms in total. The van der Waals surface area contributed by atoms with Crippen LogP contribution in [0.2, 0.25) is 0 Å². The molecule has 0 aliphatic rings. The topological polar surface area (TPSA) is 172 Å². The molecular weight excluding hydrogens is 286 g/mol. The van der Waals surface area contributed by atoms with Crippen molar-refractivity contribution in [2.45, 2.75) is 0 Å². The van der Waals surface area contributed by atoms with E-state index in [1.165, 1.54) is 14.2 Å². The Labute approximate surface area is 116 Å². The van der Waals surface area contributed by atoms with Crippen LogP contribution in [0.5, 0.6) is 0 Å². The molecule has 0 saturated carbocycles. The molecule has 0 aliphatic heterocycles. The second kappa shape index (κ2) is 6.18. The molecule has 13 heteroatoms. The fourth-order valence-corrected chi connectivity index (χ4v) is 1.10. The van der Waals surface area contributed by atoms with Crippen molar-refractivity contribution in [3.8, 4) is 0 Å². The first kappa shape index (κ1) is 14.0. The van der Waals surface area contributed by atoms with Crippen LogP contribution in [0, 0.1) is 0 Å². The smallest absolute Gasteiger partial charge is 0.375 e. The highest BCUT2D eigenvalue weighted by atomic mass is 16.5. The van der Waals surface area contributed by atoms with Crippen LogP contribution in [0.25, 0.3) is 0 Å². The van der Waals surface area contributed by atoms with Gasteiger partial charge in [0.25, 0.3) is 11.9 Å². The van der Waals surface area contributed by atoms with Crippen LogP contribution in [0.15, 0.2) is 10.3 Å². The molecule has 0 spiro atoms. The van der Waals surface area contributed by atoms with Gasteiger partial charge in [0.1, 0.15) is 0 Å². The van der Waals surface area contributed by atoms with Crippen LogP contribution in [0.3, 0.4) is 0 Å². The predicted octanol–water partition coefficient (Wildman–Crippen LogP) is -0.393. The monoisotopic (exact) mass is 295 g/mol. The van der Waals surface area contributed by atoms with Crippen molar-refractivity contribution < 1.29 is 19.1 Å². The van der Waals surface area contributed by atoms with Crippen LogP contribution >= 0.6 is 0 Å². The number of aromatic nitrogens is 6. The minimum Gasteiger partial charge on any atom is -0.463 e. The summed E-state index contributed by atoms with van der Waals surface area (Å²) in [6, 6.07) is 0. The first-order chi connectivity index (χ1) is 10.1. The first-order valence-electron chi connectivity index (χ1n) is 5.32. The molecule has 2 aromatic rings. The molecule has 0 fully saturated rings. The van der Waals surface area contributed by atoms with Crippen LogP contribution in [0.1, 0.15) is 21.2 Å². The molecule has 0 radical (unpaired) electrons. The lowest BCUT2D eigenvalue weighted by molar-refractivity contribution is 0.0579. The van der Waals surface area contributed by atoms with E-state index in [1.54, 1.807) is 0 Å². The molecule has 21 heavy (non-hydrogen) atoms. The van der Waals surface area contributed by atoms with Gasteiger partial charge in [-0.15, -0.1) is 10.2 Å². The number of H-pyrrole nitrogens is 2. The third-order valence-electron chi connectivity index (χ3n) is 2.01. The third kappa shape index (κ3) is 3.34. The number of nitrogens with zero attached hydrogens (tertiary/aromatic N) is 6. The van der Waals surface area contributed by atoms with Gasteiger partial charge in [-0.2, -0.15) is 9.97 Å². The Kier molecular flexibility index (Phi) is 4.13. The predicted molar refractivity (Wildman–Crippen MR) is 63.6 cm³/mol. The lowest BCUT2D eigenvalue weighted by Gasteiger charge is -1.90. The summed E-state index contributed by atoms with van der Waals surface area (Å²) in [5.74, 6) is -1.69. The lowest BCUT2D eigenvalue weighted by Crippen LogP contribution is -2.03. The summed E-state index contributed by atoms with van der Waals surface area (Å²) < 4.78 is 8.87. The average Bonchev–Trinajstić information content (AvgIpc) is 3.15. The maximum atomic E-state index is 11.1. The highest BCUT2D eigenvalue weighted by Crippen LogP contribution is 2.05. The van der Waals surface area contributed by atoms with Gasteiger partial charge in [0.15, 0.2) is 0 Å². The number of carbonyl (C=O) groups excluding carboxylic acids is 2. The van der Waals surface area contributed by atoms with E-state index in [4.69, 9.17) is 0 Å². The minimum absolute atomic E-state index is 0.0112. The van der Waals surface area contributed by atoms with E-state index in [9.17, 15) is 9.59 Å². The Morgan fingerprint density at radius 2 is 1.67 bits per heavy atom. The molecule has 0 aliphatic carbocycles. The van der Waals surface area contributed by atoms with Gasteiger partial charge in [-0.3, -0.25) is 10.2 Å². The standard InChI is InChI=1S/C8H9N9O4/c1-20-5(18)3-9-7(13-11-3)15-17-16-8-10-4(12-14-8)6(19)21-2/h1-2H3,(H3,9,10,11,12,13,14,15,16). The Balaban J connectivity index is 1.96. The molecule has 2 aromatic heterocycles. The van der Waals surface area contributed by atoms with E-state index < -0.39 is 11.9 Å². The fraction of sp³-hybridized carbons (Fsp3) is 0.250. The minimum atomic E-state index is -0.686. The van der Waals surface area contributed by atoms with Crippen LogP contribution in [-0.2, 0) is 9.47 Å². The summed E-state index contributed by atoms with van der Waals surface area (Å²) in [6.45, 7) is 0. The Bertz CT molecular complexity index is 675. The van der Waals surface area contributed by atoms with Crippen LogP contribution in [-0.4, -0.2) is 56.5 Å². The Morgan fingerprint density at radius 1 is 1.05 bits per heavy atom. The number of carbonyl (C=O) groups is 2. The van der Waals surface area contributed by atoms with E-state index in [1.807, 2.05) is 0 Å². The van der Waals surface area contributed by atoms with E-state index in [2.05, 4.69) is 55.6 Å². The van der Waals surface area contributed by atoms with Gasteiger partial charge in [-0.05, 0) is 0 Å². The Hall–Kier alpha value is -3.38. The van der Waals surface area contributed by atoms with E-state index >= 15 is 0 Å². The molecule has 0 saturated heterocycles. The number of hydrogen-bond acceptors (Lipinski definition) is 10. The van der Waals surface area contributed by atoms with Crippen molar-refractivity contribution in [2.75, 3.05) is 19.6 Å². The SMILES string of the molecule is COC(=O)c1nc(N=NNc2n[nH]c(C(=O)OC)n2)n[nH]1. The maximum absolute atomic E-state index is 11.1. The van der Waals surface area contributed by atoms with Gasteiger partial charge in [-0.25, -0.2) is 15.0 Å². The van der Waals surface area contributed by atoms with Gasteiger partial charge < -0.3 is 9.47 Å². The van der Waals surface area contributed by atoms with Crippen molar-refractivity contribution in [1.82, 2.24) is 30.4 Å². The number of anilines is 1. The molecule has 0 bridgehead atoms.